The van der Waals surface area contributed by atoms with Gasteiger partial charge in [0, 0.05) is 19.5 Å². The number of nitrogens with one attached hydrogen (secondary N) is 2. The number of carbonyl (C=O) groups is 1. The molecule has 1 atom stereocenters. The van der Waals surface area contributed by atoms with Gasteiger partial charge < -0.3 is 20.5 Å². The first-order valence-corrected chi connectivity index (χ1v) is 6.89. The summed E-state index contributed by atoms with van der Waals surface area (Å²) in [7, 11) is 1.79. The van der Waals surface area contributed by atoms with Crippen molar-refractivity contribution in [1.29, 1.82) is 0 Å². The third-order valence-corrected chi connectivity index (χ3v) is 2.71. The Morgan fingerprint density at radius 1 is 1.38 bits per heavy atom. The topological polar surface area (TPSA) is 70.6 Å². The standard InChI is InChI=1S/C15H24N2O3.ClH/c1-11(2)20-13-6-4-5-12(9-13)14(18)10-17-15(19)7-8-16-3;/h4-6,9,11,14,16,18H,7-8,10H2,1-3H3,(H,17,19);1H. The molecule has 0 saturated carbocycles. The Balaban J connectivity index is 0.00000400. The zero-order valence-electron chi connectivity index (χ0n) is 12.8. The third-order valence-electron chi connectivity index (χ3n) is 2.71. The fourth-order valence-corrected chi connectivity index (χ4v) is 1.72. The molecule has 0 radical (unpaired) electrons. The predicted molar refractivity (Wildman–Crippen MR) is 86.0 cm³/mol. The molecule has 21 heavy (non-hydrogen) atoms. The summed E-state index contributed by atoms with van der Waals surface area (Å²) in [6, 6.07) is 7.29. The molecule has 0 aliphatic carbocycles. The smallest absolute Gasteiger partial charge is 0.221 e. The van der Waals surface area contributed by atoms with Gasteiger partial charge in [0.2, 0.25) is 5.91 Å². The molecule has 5 nitrogen and oxygen atoms in total. The van der Waals surface area contributed by atoms with Crippen LogP contribution >= 0.6 is 12.4 Å². The van der Waals surface area contributed by atoms with Gasteiger partial charge in [-0.15, -0.1) is 12.4 Å². The van der Waals surface area contributed by atoms with Crippen LogP contribution in [0.25, 0.3) is 0 Å². The van der Waals surface area contributed by atoms with Crippen LogP contribution in [-0.4, -0.2) is 37.3 Å². The number of halogens is 1. The molecule has 0 saturated heterocycles. The highest BCUT2D eigenvalue weighted by Crippen LogP contribution is 2.19. The summed E-state index contributed by atoms with van der Waals surface area (Å²) >= 11 is 0. The number of hydrogen-bond acceptors (Lipinski definition) is 4. The van der Waals surface area contributed by atoms with E-state index >= 15 is 0 Å². The Morgan fingerprint density at radius 3 is 2.71 bits per heavy atom. The Bertz CT molecular complexity index is 427. The molecule has 1 amide bonds. The van der Waals surface area contributed by atoms with Gasteiger partial charge >= 0.3 is 0 Å². The molecule has 6 heteroatoms. The summed E-state index contributed by atoms with van der Waals surface area (Å²) in [5.74, 6) is 0.644. The minimum Gasteiger partial charge on any atom is -0.491 e. The van der Waals surface area contributed by atoms with Crippen molar-refractivity contribution < 1.29 is 14.6 Å². The van der Waals surface area contributed by atoms with E-state index in [-0.39, 0.29) is 31.0 Å². The fourth-order valence-electron chi connectivity index (χ4n) is 1.72. The van der Waals surface area contributed by atoms with Gasteiger partial charge in [-0.2, -0.15) is 0 Å². The van der Waals surface area contributed by atoms with E-state index in [0.717, 1.165) is 11.3 Å². The van der Waals surface area contributed by atoms with Gasteiger partial charge in [-0.05, 0) is 38.6 Å². The molecule has 0 aliphatic heterocycles. The first-order valence-electron chi connectivity index (χ1n) is 6.89. The largest absolute Gasteiger partial charge is 0.491 e. The van der Waals surface area contributed by atoms with E-state index < -0.39 is 6.10 Å². The van der Waals surface area contributed by atoms with Crippen molar-refractivity contribution in [3.05, 3.63) is 29.8 Å². The van der Waals surface area contributed by atoms with Crippen molar-refractivity contribution in [2.24, 2.45) is 0 Å². The molecule has 1 aromatic carbocycles. The van der Waals surface area contributed by atoms with Gasteiger partial charge in [0.1, 0.15) is 5.75 Å². The normalized spacial score (nSPS) is 11.7. The molecular weight excluding hydrogens is 292 g/mol. The third kappa shape index (κ3) is 7.90. The summed E-state index contributed by atoms with van der Waals surface area (Å²) in [5.41, 5.74) is 0.733. The van der Waals surface area contributed by atoms with Gasteiger partial charge in [0.05, 0.1) is 12.2 Å². The van der Waals surface area contributed by atoms with Crippen molar-refractivity contribution >= 4 is 18.3 Å². The molecule has 1 unspecified atom stereocenters. The maximum Gasteiger partial charge on any atom is 0.221 e. The average Bonchev–Trinajstić information content (AvgIpc) is 2.42. The zero-order valence-corrected chi connectivity index (χ0v) is 13.6. The maximum absolute atomic E-state index is 11.5. The lowest BCUT2D eigenvalue weighted by Gasteiger charge is -2.15. The first-order chi connectivity index (χ1) is 9.52. The van der Waals surface area contributed by atoms with Gasteiger partial charge in [0.25, 0.3) is 0 Å². The SMILES string of the molecule is CNCCC(=O)NCC(O)c1cccc(OC(C)C)c1.Cl. The van der Waals surface area contributed by atoms with Crippen LogP contribution in [0.3, 0.4) is 0 Å². The van der Waals surface area contributed by atoms with E-state index in [0.29, 0.717) is 13.0 Å². The highest BCUT2D eigenvalue weighted by Gasteiger charge is 2.10. The molecule has 0 aromatic heterocycles. The van der Waals surface area contributed by atoms with Crippen LogP contribution in [0.5, 0.6) is 5.75 Å². The van der Waals surface area contributed by atoms with Crippen LogP contribution in [0.4, 0.5) is 0 Å². The Kier molecular flexibility index (Phi) is 9.78. The van der Waals surface area contributed by atoms with Gasteiger partial charge in [-0.1, -0.05) is 12.1 Å². The van der Waals surface area contributed by atoms with Crippen LogP contribution in [0.2, 0.25) is 0 Å². The van der Waals surface area contributed by atoms with Crippen molar-refractivity contribution in [2.75, 3.05) is 20.1 Å². The molecule has 3 N–H and O–H groups in total. The van der Waals surface area contributed by atoms with Crippen LogP contribution in [0, 0.1) is 0 Å². The highest BCUT2D eigenvalue weighted by atomic mass is 35.5. The van der Waals surface area contributed by atoms with E-state index in [2.05, 4.69) is 10.6 Å². The molecular formula is C15H25ClN2O3. The first kappa shape index (κ1) is 19.7. The van der Waals surface area contributed by atoms with E-state index in [4.69, 9.17) is 4.74 Å². The average molecular weight is 317 g/mol. The minimum absolute atomic E-state index is 0. The molecule has 0 fully saturated rings. The quantitative estimate of drug-likeness (QED) is 0.682. The molecule has 1 aromatic rings. The van der Waals surface area contributed by atoms with Crippen molar-refractivity contribution in [3.8, 4) is 5.75 Å². The summed E-state index contributed by atoms with van der Waals surface area (Å²) in [6.45, 7) is 4.73. The Morgan fingerprint density at radius 2 is 2.10 bits per heavy atom. The lowest BCUT2D eigenvalue weighted by Crippen LogP contribution is -2.30. The molecule has 120 valence electrons. The van der Waals surface area contributed by atoms with Crippen LogP contribution in [0.15, 0.2) is 24.3 Å². The van der Waals surface area contributed by atoms with Crippen LogP contribution < -0.4 is 15.4 Å². The molecule has 0 heterocycles. The molecule has 0 bridgehead atoms. The zero-order chi connectivity index (χ0) is 15.0. The van der Waals surface area contributed by atoms with Gasteiger partial charge in [-0.3, -0.25) is 4.79 Å². The Labute approximate surface area is 132 Å². The number of carbonyl (C=O) groups excluding carboxylic acids is 1. The fraction of sp³-hybridized carbons (Fsp3) is 0.533. The van der Waals surface area contributed by atoms with Gasteiger partial charge in [0.15, 0.2) is 0 Å². The number of aliphatic hydroxyl groups is 1. The summed E-state index contributed by atoms with van der Waals surface area (Å²) in [5, 5.41) is 15.7. The second kappa shape index (κ2) is 10.4. The van der Waals surface area contributed by atoms with Crippen molar-refractivity contribution in [2.45, 2.75) is 32.5 Å². The predicted octanol–water partition coefficient (Wildman–Crippen LogP) is 1.65. The minimum atomic E-state index is -0.732. The van der Waals surface area contributed by atoms with E-state index in [1.54, 1.807) is 13.1 Å². The number of ether oxygens (including phenoxy) is 1. The number of hydrogen-bond donors (Lipinski definition) is 3. The van der Waals surface area contributed by atoms with Crippen LogP contribution in [0.1, 0.15) is 31.9 Å². The highest BCUT2D eigenvalue weighted by molar-refractivity contribution is 5.85. The summed E-state index contributed by atoms with van der Waals surface area (Å²) in [6.07, 6.45) is -0.243. The summed E-state index contributed by atoms with van der Waals surface area (Å²) in [4.78, 5) is 11.5. The van der Waals surface area contributed by atoms with E-state index in [1.165, 1.54) is 0 Å². The Hall–Kier alpha value is -1.30. The van der Waals surface area contributed by atoms with Crippen molar-refractivity contribution in [3.63, 3.8) is 0 Å². The second-order valence-corrected chi connectivity index (χ2v) is 4.91. The maximum atomic E-state index is 11.5. The number of amides is 1. The molecule has 1 rings (SSSR count). The number of rotatable bonds is 8. The lowest BCUT2D eigenvalue weighted by atomic mass is 10.1. The summed E-state index contributed by atoms with van der Waals surface area (Å²) < 4.78 is 5.58. The molecule has 0 spiro atoms. The van der Waals surface area contributed by atoms with E-state index in [1.807, 2.05) is 32.0 Å². The second-order valence-electron chi connectivity index (χ2n) is 4.91. The number of aliphatic hydroxyl groups excluding tert-OH is 1. The number of benzene rings is 1. The van der Waals surface area contributed by atoms with Crippen molar-refractivity contribution in [1.82, 2.24) is 10.6 Å². The molecule has 0 aliphatic rings. The van der Waals surface area contributed by atoms with Crippen LogP contribution in [-0.2, 0) is 4.79 Å². The van der Waals surface area contributed by atoms with E-state index in [9.17, 15) is 9.90 Å². The van der Waals surface area contributed by atoms with Gasteiger partial charge in [-0.25, -0.2) is 0 Å². The lowest BCUT2D eigenvalue weighted by molar-refractivity contribution is -0.121. The monoisotopic (exact) mass is 316 g/mol.